The van der Waals surface area contributed by atoms with Gasteiger partial charge in [-0.2, -0.15) is 0 Å². The van der Waals surface area contributed by atoms with E-state index < -0.39 is 0 Å². The minimum absolute atomic E-state index is 0.454. The molecule has 0 bridgehead atoms. The lowest BCUT2D eigenvalue weighted by Crippen LogP contribution is -2.49. The van der Waals surface area contributed by atoms with E-state index >= 15 is 0 Å². The van der Waals surface area contributed by atoms with Gasteiger partial charge in [-0.15, -0.1) is 0 Å². The molecule has 1 N–H and O–H groups in total. The Labute approximate surface area is 116 Å². The molecule has 106 valence electrons. The predicted molar refractivity (Wildman–Crippen MR) is 79.3 cm³/mol. The molecule has 1 aliphatic rings. The van der Waals surface area contributed by atoms with E-state index in [-0.39, 0.29) is 0 Å². The highest BCUT2D eigenvalue weighted by Crippen LogP contribution is 2.25. The Morgan fingerprint density at radius 1 is 1.32 bits per heavy atom. The molecule has 1 saturated heterocycles. The molecule has 2 rings (SSSR count). The Morgan fingerprint density at radius 2 is 2.11 bits per heavy atom. The van der Waals surface area contributed by atoms with Crippen molar-refractivity contribution in [3.63, 3.8) is 0 Å². The second-order valence-corrected chi connectivity index (χ2v) is 5.11. The zero-order valence-electron chi connectivity index (χ0n) is 12.1. The van der Waals surface area contributed by atoms with Gasteiger partial charge < -0.3 is 10.1 Å². The first kappa shape index (κ1) is 14.5. The van der Waals surface area contributed by atoms with Crippen LogP contribution in [0.1, 0.15) is 31.9 Å². The van der Waals surface area contributed by atoms with Gasteiger partial charge >= 0.3 is 0 Å². The van der Waals surface area contributed by atoms with E-state index in [9.17, 15) is 0 Å². The quantitative estimate of drug-likeness (QED) is 0.852. The number of hydrogen-bond donors (Lipinski definition) is 1. The fourth-order valence-electron chi connectivity index (χ4n) is 2.81. The van der Waals surface area contributed by atoms with Crippen LogP contribution in [0.3, 0.4) is 0 Å². The third-order valence-electron chi connectivity index (χ3n) is 3.92. The molecular formula is C16H26N2O. The van der Waals surface area contributed by atoms with Gasteiger partial charge in [0, 0.05) is 25.2 Å². The fourth-order valence-corrected chi connectivity index (χ4v) is 2.81. The molecular weight excluding hydrogens is 236 g/mol. The van der Waals surface area contributed by atoms with Crippen LogP contribution in [-0.4, -0.2) is 43.8 Å². The van der Waals surface area contributed by atoms with Gasteiger partial charge in [0.25, 0.3) is 0 Å². The van der Waals surface area contributed by atoms with E-state index in [4.69, 9.17) is 4.74 Å². The molecule has 0 aromatic heterocycles. The van der Waals surface area contributed by atoms with Crippen LogP contribution in [0.2, 0.25) is 0 Å². The average Bonchev–Trinajstić information content (AvgIpc) is 2.49. The SMILES string of the molecule is CCNCC(c1ccccc1)N1CCOCC1CC. The highest BCUT2D eigenvalue weighted by atomic mass is 16.5. The second kappa shape index (κ2) is 7.63. The van der Waals surface area contributed by atoms with Crippen molar-refractivity contribution in [3.8, 4) is 0 Å². The molecule has 2 atom stereocenters. The topological polar surface area (TPSA) is 24.5 Å². The van der Waals surface area contributed by atoms with E-state index in [1.165, 1.54) is 5.56 Å². The lowest BCUT2D eigenvalue weighted by atomic mass is 10.0. The minimum atomic E-state index is 0.454. The number of ether oxygens (including phenoxy) is 1. The molecule has 1 aliphatic heterocycles. The Bertz CT molecular complexity index is 355. The molecule has 3 nitrogen and oxygen atoms in total. The molecule has 1 aromatic carbocycles. The summed E-state index contributed by atoms with van der Waals surface area (Å²) < 4.78 is 5.63. The maximum atomic E-state index is 5.63. The van der Waals surface area contributed by atoms with Crippen LogP contribution < -0.4 is 5.32 Å². The number of likely N-dealkylation sites (N-methyl/N-ethyl adjacent to an activating group) is 1. The van der Waals surface area contributed by atoms with E-state index in [0.29, 0.717) is 12.1 Å². The van der Waals surface area contributed by atoms with Crippen LogP contribution in [-0.2, 0) is 4.74 Å². The smallest absolute Gasteiger partial charge is 0.0622 e. The van der Waals surface area contributed by atoms with Gasteiger partial charge in [-0.05, 0) is 18.5 Å². The summed E-state index contributed by atoms with van der Waals surface area (Å²) in [7, 11) is 0. The van der Waals surface area contributed by atoms with Crippen molar-refractivity contribution in [2.45, 2.75) is 32.4 Å². The lowest BCUT2D eigenvalue weighted by Gasteiger charge is -2.41. The molecule has 19 heavy (non-hydrogen) atoms. The normalized spacial score (nSPS) is 22.3. The zero-order valence-corrected chi connectivity index (χ0v) is 12.1. The highest BCUT2D eigenvalue weighted by molar-refractivity contribution is 5.20. The first-order valence-electron chi connectivity index (χ1n) is 7.46. The van der Waals surface area contributed by atoms with Crippen LogP contribution in [0, 0.1) is 0 Å². The van der Waals surface area contributed by atoms with Gasteiger partial charge in [0.1, 0.15) is 0 Å². The van der Waals surface area contributed by atoms with Gasteiger partial charge in [0.2, 0.25) is 0 Å². The molecule has 3 heteroatoms. The van der Waals surface area contributed by atoms with Gasteiger partial charge in [-0.25, -0.2) is 0 Å². The average molecular weight is 262 g/mol. The fraction of sp³-hybridized carbons (Fsp3) is 0.625. The number of morpholine rings is 1. The van der Waals surface area contributed by atoms with Crippen molar-refractivity contribution < 1.29 is 4.74 Å². The van der Waals surface area contributed by atoms with Gasteiger partial charge in [-0.3, -0.25) is 4.90 Å². The molecule has 0 aliphatic carbocycles. The van der Waals surface area contributed by atoms with E-state index in [0.717, 1.165) is 39.3 Å². The van der Waals surface area contributed by atoms with Crippen molar-refractivity contribution in [2.75, 3.05) is 32.8 Å². The molecule has 2 unspecified atom stereocenters. The highest BCUT2D eigenvalue weighted by Gasteiger charge is 2.28. The monoisotopic (exact) mass is 262 g/mol. The van der Waals surface area contributed by atoms with Crippen LogP contribution in [0.4, 0.5) is 0 Å². The molecule has 1 fully saturated rings. The number of nitrogens with zero attached hydrogens (tertiary/aromatic N) is 1. The largest absolute Gasteiger partial charge is 0.378 e. The second-order valence-electron chi connectivity index (χ2n) is 5.11. The summed E-state index contributed by atoms with van der Waals surface area (Å²) in [5, 5.41) is 3.51. The third-order valence-corrected chi connectivity index (χ3v) is 3.92. The van der Waals surface area contributed by atoms with Crippen LogP contribution in [0.15, 0.2) is 30.3 Å². The van der Waals surface area contributed by atoms with Crippen molar-refractivity contribution in [2.24, 2.45) is 0 Å². The number of nitrogens with one attached hydrogen (secondary N) is 1. The standard InChI is InChI=1S/C16H26N2O/c1-3-15-13-19-11-10-18(15)16(12-17-4-2)14-8-6-5-7-9-14/h5-9,15-17H,3-4,10-13H2,1-2H3. The van der Waals surface area contributed by atoms with Crippen molar-refractivity contribution >= 4 is 0 Å². The molecule has 1 heterocycles. The molecule has 0 radical (unpaired) electrons. The molecule has 0 spiro atoms. The summed E-state index contributed by atoms with van der Waals surface area (Å²) in [6.45, 7) is 9.20. The third kappa shape index (κ3) is 3.78. The Morgan fingerprint density at radius 3 is 2.79 bits per heavy atom. The first-order chi connectivity index (χ1) is 9.36. The predicted octanol–water partition coefficient (Wildman–Crippen LogP) is 2.45. The van der Waals surface area contributed by atoms with Gasteiger partial charge in [0.15, 0.2) is 0 Å². The van der Waals surface area contributed by atoms with E-state index in [1.807, 2.05) is 0 Å². The van der Waals surface area contributed by atoms with Gasteiger partial charge in [0.05, 0.1) is 13.2 Å². The van der Waals surface area contributed by atoms with Crippen molar-refractivity contribution in [1.82, 2.24) is 10.2 Å². The number of benzene rings is 1. The Balaban J connectivity index is 2.16. The molecule has 0 saturated carbocycles. The van der Waals surface area contributed by atoms with E-state index in [1.54, 1.807) is 0 Å². The molecule has 0 amide bonds. The summed E-state index contributed by atoms with van der Waals surface area (Å²) in [6.07, 6.45) is 1.15. The summed E-state index contributed by atoms with van der Waals surface area (Å²) in [5.41, 5.74) is 1.41. The summed E-state index contributed by atoms with van der Waals surface area (Å²) in [6, 6.07) is 11.8. The van der Waals surface area contributed by atoms with E-state index in [2.05, 4.69) is 54.4 Å². The van der Waals surface area contributed by atoms with Crippen molar-refractivity contribution in [3.05, 3.63) is 35.9 Å². The Kier molecular flexibility index (Phi) is 5.83. The maximum absolute atomic E-state index is 5.63. The number of rotatable bonds is 6. The van der Waals surface area contributed by atoms with Crippen LogP contribution in [0.25, 0.3) is 0 Å². The number of hydrogen-bond acceptors (Lipinski definition) is 3. The minimum Gasteiger partial charge on any atom is -0.378 e. The maximum Gasteiger partial charge on any atom is 0.0622 e. The summed E-state index contributed by atoms with van der Waals surface area (Å²) >= 11 is 0. The van der Waals surface area contributed by atoms with Gasteiger partial charge in [-0.1, -0.05) is 44.2 Å². The molecule has 1 aromatic rings. The summed E-state index contributed by atoms with van der Waals surface area (Å²) in [4.78, 5) is 2.61. The first-order valence-corrected chi connectivity index (χ1v) is 7.46. The van der Waals surface area contributed by atoms with Crippen LogP contribution >= 0.6 is 0 Å². The van der Waals surface area contributed by atoms with Crippen LogP contribution in [0.5, 0.6) is 0 Å². The van der Waals surface area contributed by atoms with Crippen molar-refractivity contribution in [1.29, 1.82) is 0 Å². The Hall–Kier alpha value is -0.900. The lowest BCUT2D eigenvalue weighted by molar-refractivity contribution is -0.0305. The zero-order chi connectivity index (χ0) is 13.5. The summed E-state index contributed by atoms with van der Waals surface area (Å²) in [5.74, 6) is 0.